The lowest BCUT2D eigenvalue weighted by atomic mass is 10.2. The summed E-state index contributed by atoms with van der Waals surface area (Å²) in [5.41, 5.74) is 1.21. The second-order valence-corrected chi connectivity index (χ2v) is 5.55. The average molecular weight is 339 g/mol. The fraction of sp³-hybridized carbons (Fsp3) is 0.0500. The largest absolute Gasteiger partial charge is 0.457 e. The first-order chi connectivity index (χ1) is 11.7. The summed E-state index contributed by atoms with van der Waals surface area (Å²) in [6, 6.07) is 23.6. The highest BCUT2D eigenvalue weighted by Crippen LogP contribution is 2.25. The van der Waals surface area contributed by atoms with Crippen molar-refractivity contribution >= 4 is 17.6 Å². The van der Waals surface area contributed by atoms with E-state index in [-0.39, 0.29) is 6.61 Å². The summed E-state index contributed by atoms with van der Waals surface area (Å²) in [6.45, 7) is 0.119. The fourth-order valence-electron chi connectivity index (χ4n) is 2.18. The predicted octanol–water partition coefficient (Wildman–Crippen LogP) is 5.49. The Hall–Kier alpha value is -2.78. The Morgan fingerprint density at radius 1 is 0.875 bits per heavy atom. The van der Waals surface area contributed by atoms with Crippen LogP contribution in [0.1, 0.15) is 15.9 Å². The van der Waals surface area contributed by atoms with E-state index in [0.717, 1.165) is 11.3 Å². The van der Waals surface area contributed by atoms with Crippen LogP contribution in [-0.4, -0.2) is 5.97 Å². The molecule has 0 aliphatic rings. The van der Waals surface area contributed by atoms with Gasteiger partial charge in [-0.3, -0.25) is 0 Å². The van der Waals surface area contributed by atoms with E-state index in [1.165, 1.54) is 0 Å². The van der Waals surface area contributed by atoms with Crippen molar-refractivity contribution in [3.8, 4) is 11.5 Å². The van der Waals surface area contributed by atoms with Gasteiger partial charge in [0.2, 0.25) is 0 Å². The molecule has 3 aromatic rings. The second-order valence-electron chi connectivity index (χ2n) is 5.11. The van der Waals surface area contributed by atoms with E-state index in [4.69, 9.17) is 21.1 Å². The molecule has 0 aromatic heterocycles. The molecule has 24 heavy (non-hydrogen) atoms. The number of hydrogen-bond acceptors (Lipinski definition) is 3. The molecule has 0 heterocycles. The molecule has 0 N–H and O–H groups in total. The second kappa shape index (κ2) is 7.66. The van der Waals surface area contributed by atoms with Gasteiger partial charge in [0.25, 0.3) is 0 Å². The van der Waals surface area contributed by atoms with E-state index < -0.39 is 5.97 Å². The minimum atomic E-state index is -0.424. The van der Waals surface area contributed by atoms with Gasteiger partial charge in [-0.25, -0.2) is 4.79 Å². The van der Waals surface area contributed by atoms with Crippen LogP contribution in [0.5, 0.6) is 11.5 Å². The molecule has 120 valence electrons. The predicted molar refractivity (Wildman–Crippen MR) is 93.5 cm³/mol. The fourth-order valence-corrected chi connectivity index (χ4v) is 2.37. The van der Waals surface area contributed by atoms with Crippen molar-refractivity contribution in [3.05, 3.63) is 95.0 Å². The first-order valence-corrected chi connectivity index (χ1v) is 7.84. The van der Waals surface area contributed by atoms with Crippen molar-refractivity contribution in [3.63, 3.8) is 0 Å². The van der Waals surface area contributed by atoms with Gasteiger partial charge in [0.15, 0.2) is 0 Å². The summed E-state index contributed by atoms with van der Waals surface area (Å²) < 4.78 is 11.2. The third-order valence-electron chi connectivity index (χ3n) is 3.36. The van der Waals surface area contributed by atoms with Gasteiger partial charge in [0.1, 0.15) is 18.1 Å². The Bertz CT molecular complexity index is 831. The van der Waals surface area contributed by atoms with Crippen molar-refractivity contribution < 1.29 is 14.3 Å². The maximum atomic E-state index is 12.1. The van der Waals surface area contributed by atoms with Crippen LogP contribution in [0.3, 0.4) is 0 Å². The Morgan fingerprint density at radius 2 is 1.62 bits per heavy atom. The van der Waals surface area contributed by atoms with Gasteiger partial charge in [-0.05, 0) is 36.4 Å². The van der Waals surface area contributed by atoms with Crippen molar-refractivity contribution in [2.45, 2.75) is 6.61 Å². The summed E-state index contributed by atoms with van der Waals surface area (Å²) in [7, 11) is 0. The van der Waals surface area contributed by atoms with Crippen LogP contribution >= 0.6 is 11.6 Å². The molecule has 0 aliphatic carbocycles. The lowest BCUT2D eigenvalue weighted by Gasteiger charge is -2.11. The van der Waals surface area contributed by atoms with Gasteiger partial charge >= 0.3 is 5.97 Å². The van der Waals surface area contributed by atoms with Crippen molar-refractivity contribution in [2.24, 2.45) is 0 Å². The van der Waals surface area contributed by atoms with Gasteiger partial charge in [-0.15, -0.1) is 0 Å². The quantitative estimate of drug-likeness (QED) is 0.577. The summed E-state index contributed by atoms with van der Waals surface area (Å²) >= 11 is 5.89. The number of hydrogen-bond donors (Lipinski definition) is 0. The molecule has 0 aliphatic heterocycles. The van der Waals surface area contributed by atoms with Crippen LogP contribution in [0.4, 0.5) is 0 Å². The first-order valence-electron chi connectivity index (χ1n) is 7.46. The van der Waals surface area contributed by atoms with Crippen molar-refractivity contribution in [1.29, 1.82) is 0 Å². The third-order valence-corrected chi connectivity index (χ3v) is 3.60. The number of ether oxygens (including phenoxy) is 2. The van der Waals surface area contributed by atoms with E-state index in [9.17, 15) is 4.79 Å². The highest BCUT2D eigenvalue weighted by Gasteiger charge is 2.10. The van der Waals surface area contributed by atoms with Crippen LogP contribution in [0, 0.1) is 0 Å². The number of rotatable bonds is 5. The zero-order chi connectivity index (χ0) is 16.8. The van der Waals surface area contributed by atoms with Crippen LogP contribution in [0.2, 0.25) is 5.02 Å². The molecule has 3 aromatic carbocycles. The monoisotopic (exact) mass is 338 g/mol. The Kier molecular flexibility index (Phi) is 5.14. The lowest BCUT2D eigenvalue weighted by Crippen LogP contribution is -2.05. The Labute approximate surface area is 145 Å². The number of esters is 1. The molecule has 4 heteroatoms. The molecule has 0 saturated heterocycles. The van der Waals surface area contributed by atoms with Gasteiger partial charge in [0, 0.05) is 10.6 Å². The number of carbonyl (C=O) groups excluding carboxylic acids is 1. The number of halogens is 1. The topological polar surface area (TPSA) is 35.5 Å². The van der Waals surface area contributed by atoms with Crippen molar-refractivity contribution in [2.75, 3.05) is 0 Å². The normalized spacial score (nSPS) is 10.2. The van der Waals surface area contributed by atoms with E-state index in [0.29, 0.717) is 16.3 Å². The van der Waals surface area contributed by atoms with E-state index in [2.05, 4.69) is 0 Å². The number of carbonyl (C=O) groups is 1. The van der Waals surface area contributed by atoms with Crippen LogP contribution < -0.4 is 4.74 Å². The maximum absolute atomic E-state index is 12.1. The Balaban J connectivity index is 1.70. The van der Waals surface area contributed by atoms with Crippen LogP contribution in [-0.2, 0) is 11.3 Å². The molecule has 0 bridgehead atoms. The SMILES string of the molecule is O=C(OCc1ccccc1Oc1ccccc1)c1cccc(Cl)c1. The summed E-state index contributed by atoms with van der Waals surface area (Å²) in [5.74, 6) is 0.959. The van der Waals surface area contributed by atoms with E-state index in [1.54, 1.807) is 24.3 Å². The average Bonchev–Trinajstić information content (AvgIpc) is 2.61. The molecular weight excluding hydrogens is 324 g/mol. The zero-order valence-electron chi connectivity index (χ0n) is 12.8. The van der Waals surface area contributed by atoms with Gasteiger partial charge < -0.3 is 9.47 Å². The molecule has 0 amide bonds. The molecule has 0 atom stereocenters. The van der Waals surface area contributed by atoms with Gasteiger partial charge in [-0.1, -0.05) is 54.1 Å². The summed E-state index contributed by atoms with van der Waals surface area (Å²) in [6.07, 6.45) is 0. The Morgan fingerprint density at radius 3 is 2.42 bits per heavy atom. The molecule has 0 fully saturated rings. The lowest BCUT2D eigenvalue weighted by molar-refractivity contribution is 0.0471. The highest BCUT2D eigenvalue weighted by molar-refractivity contribution is 6.30. The molecular formula is C20H15ClO3. The number of benzene rings is 3. The third kappa shape index (κ3) is 4.15. The van der Waals surface area contributed by atoms with Gasteiger partial charge in [-0.2, -0.15) is 0 Å². The number of para-hydroxylation sites is 2. The molecule has 0 unspecified atom stereocenters. The standard InChI is InChI=1S/C20H15ClO3/c21-17-9-6-8-15(13-17)20(22)23-14-16-7-4-5-12-19(16)24-18-10-2-1-3-11-18/h1-13H,14H2. The van der Waals surface area contributed by atoms with Crippen LogP contribution in [0.25, 0.3) is 0 Å². The minimum absolute atomic E-state index is 0.119. The minimum Gasteiger partial charge on any atom is -0.457 e. The first kappa shape index (κ1) is 16.1. The molecule has 0 spiro atoms. The summed E-state index contributed by atoms with van der Waals surface area (Å²) in [5, 5.41) is 0.497. The van der Waals surface area contributed by atoms with E-state index >= 15 is 0 Å². The smallest absolute Gasteiger partial charge is 0.338 e. The molecule has 0 saturated carbocycles. The van der Waals surface area contributed by atoms with Crippen molar-refractivity contribution in [1.82, 2.24) is 0 Å². The van der Waals surface area contributed by atoms with E-state index in [1.807, 2.05) is 54.6 Å². The summed E-state index contributed by atoms with van der Waals surface area (Å²) in [4.78, 5) is 12.1. The zero-order valence-corrected chi connectivity index (χ0v) is 13.6. The molecule has 0 radical (unpaired) electrons. The highest BCUT2D eigenvalue weighted by atomic mass is 35.5. The van der Waals surface area contributed by atoms with Crippen LogP contribution in [0.15, 0.2) is 78.9 Å². The molecule has 3 nitrogen and oxygen atoms in total. The molecule has 3 rings (SSSR count). The van der Waals surface area contributed by atoms with Gasteiger partial charge in [0.05, 0.1) is 5.56 Å². The maximum Gasteiger partial charge on any atom is 0.338 e.